The van der Waals surface area contributed by atoms with E-state index in [9.17, 15) is 14.7 Å². The molecule has 2 N–H and O–H groups in total. The van der Waals surface area contributed by atoms with Gasteiger partial charge in [0.15, 0.2) is 5.69 Å². The first kappa shape index (κ1) is 25.0. The second-order valence-electron chi connectivity index (χ2n) is 7.82. The number of benzene rings is 2. The number of thiazole rings is 2. The lowest BCUT2D eigenvalue weighted by Crippen LogP contribution is -2.13. The fraction of sp³-hybridized carbons (Fsp3) is 0.0833. The quantitative estimate of drug-likeness (QED) is 0.205. The van der Waals surface area contributed by atoms with Gasteiger partial charge in [-0.25, -0.2) is 14.8 Å². The van der Waals surface area contributed by atoms with Gasteiger partial charge in [0.2, 0.25) is 10.3 Å². The van der Waals surface area contributed by atoms with Gasteiger partial charge in [0, 0.05) is 21.4 Å². The highest BCUT2D eigenvalue weighted by molar-refractivity contribution is 7.15. The van der Waals surface area contributed by atoms with E-state index in [4.69, 9.17) is 23.2 Å². The van der Waals surface area contributed by atoms with Gasteiger partial charge in [-0.3, -0.25) is 9.89 Å². The lowest BCUT2D eigenvalue weighted by atomic mass is 10.1. The zero-order valence-corrected chi connectivity index (χ0v) is 22.3. The maximum atomic E-state index is 13.5. The Morgan fingerprint density at radius 1 is 1.08 bits per heavy atom. The number of aromatic carboxylic acids is 1. The summed E-state index contributed by atoms with van der Waals surface area (Å²) in [7, 11) is 0. The number of carboxylic acids is 1. The molecule has 5 aromatic rings. The standard InChI is InChI=1S/C24H16Cl2N6O3S2/c1-11-12(2)37-23(27-11)30-29-20-19(13-6-4-3-5-7-13)31-32(21(20)33)24-28-17(10-36-24)18-15(25)8-14(22(34)35)9-16(18)26/h3-10,31H,1-2H3,(H,34,35). The molecule has 9 nitrogen and oxygen atoms in total. The van der Waals surface area contributed by atoms with Crippen LogP contribution in [0.3, 0.4) is 0 Å². The van der Waals surface area contributed by atoms with Gasteiger partial charge in [0.25, 0.3) is 0 Å². The highest BCUT2D eigenvalue weighted by Crippen LogP contribution is 2.37. The van der Waals surface area contributed by atoms with Crippen molar-refractivity contribution in [1.29, 1.82) is 0 Å². The molecule has 0 aliphatic heterocycles. The molecule has 13 heteroatoms. The Labute approximate surface area is 227 Å². The Hall–Kier alpha value is -3.64. The van der Waals surface area contributed by atoms with Gasteiger partial charge in [-0.1, -0.05) is 64.9 Å². The number of halogens is 2. The molecule has 0 bridgehead atoms. The summed E-state index contributed by atoms with van der Waals surface area (Å²) in [4.78, 5) is 34.7. The van der Waals surface area contributed by atoms with E-state index in [0.717, 1.165) is 16.1 Å². The van der Waals surface area contributed by atoms with Crippen LogP contribution >= 0.6 is 45.9 Å². The minimum Gasteiger partial charge on any atom is -0.478 e. The Kier molecular flexibility index (Phi) is 6.78. The molecule has 0 unspecified atom stereocenters. The van der Waals surface area contributed by atoms with E-state index in [1.165, 1.54) is 39.5 Å². The molecular weight excluding hydrogens is 555 g/mol. The van der Waals surface area contributed by atoms with Crippen LogP contribution in [-0.2, 0) is 0 Å². The van der Waals surface area contributed by atoms with Crippen molar-refractivity contribution in [3.05, 3.63) is 84.4 Å². The van der Waals surface area contributed by atoms with Crippen LogP contribution in [0.15, 0.2) is 62.9 Å². The number of hydrogen-bond donors (Lipinski definition) is 2. The average molecular weight is 571 g/mol. The molecule has 3 heterocycles. The molecule has 186 valence electrons. The second kappa shape index (κ2) is 10.0. The topological polar surface area (TPSA) is 126 Å². The van der Waals surface area contributed by atoms with Crippen molar-refractivity contribution >= 4 is 62.7 Å². The molecule has 0 saturated carbocycles. The first-order valence-electron chi connectivity index (χ1n) is 10.7. The van der Waals surface area contributed by atoms with Crippen LogP contribution in [-0.4, -0.2) is 30.8 Å². The van der Waals surface area contributed by atoms with Crippen LogP contribution in [0, 0.1) is 13.8 Å². The van der Waals surface area contributed by atoms with Gasteiger partial charge in [-0.2, -0.15) is 4.68 Å². The molecular formula is C24H16Cl2N6O3S2. The summed E-state index contributed by atoms with van der Waals surface area (Å²) in [5, 5.41) is 23.5. The second-order valence-corrected chi connectivity index (χ2v) is 10.6. The number of hydrogen-bond acceptors (Lipinski definition) is 8. The van der Waals surface area contributed by atoms with Gasteiger partial charge >= 0.3 is 11.5 Å². The number of rotatable bonds is 6. The molecule has 5 rings (SSSR count). The van der Waals surface area contributed by atoms with Crippen LogP contribution in [0.4, 0.5) is 10.8 Å². The van der Waals surface area contributed by atoms with Crippen molar-refractivity contribution in [2.75, 3.05) is 0 Å². The fourth-order valence-electron chi connectivity index (χ4n) is 3.48. The Balaban J connectivity index is 1.60. The van der Waals surface area contributed by atoms with Crippen molar-refractivity contribution in [3.63, 3.8) is 0 Å². The van der Waals surface area contributed by atoms with Crippen LogP contribution in [0.25, 0.3) is 27.6 Å². The summed E-state index contributed by atoms with van der Waals surface area (Å²) >= 11 is 15.2. The number of carbonyl (C=O) groups is 1. The van der Waals surface area contributed by atoms with E-state index in [1.54, 1.807) is 5.38 Å². The number of carboxylic acid groups (broad SMARTS) is 1. The van der Waals surface area contributed by atoms with Crippen LogP contribution < -0.4 is 5.56 Å². The predicted octanol–water partition coefficient (Wildman–Crippen LogP) is 7.45. The molecule has 37 heavy (non-hydrogen) atoms. The number of azo groups is 1. The highest BCUT2D eigenvalue weighted by atomic mass is 35.5. The molecule has 0 spiro atoms. The van der Waals surface area contributed by atoms with Crippen molar-refractivity contribution in [1.82, 2.24) is 19.7 Å². The van der Waals surface area contributed by atoms with E-state index >= 15 is 0 Å². The van der Waals surface area contributed by atoms with E-state index in [1.807, 2.05) is 44.2 Å². The third kappa shape index (κ3) is 4.86. The van der Waals surface area contributed by atoms with Crippen molar-refractivity contribution in [2.45, 2.75) is 13.8 Å². The first-order valence-corrected chi connectivity index (χ1v) is 13.1. The van der Waals surface area contributed by atoms with Crippen molar-refractivity contribution < 1.29 is 9.90 Å². The number of aromatic nitrogens is 4. The Morgan fingerprint density at radius 3 is 2.41 bits per heavy atom. The van der Waals surface area contributed by atoms with E-state index in [0.29, 0.717) is 27.2 Å². The van der Waals surface area contributed by atoms with Crippen molar-refractivity contribution in [3.8, 4) is 27.6 Å². The lowest BCUT2D eigenvalue weighted by Gasteiger charge is -2.05. The molecule has 0 atom stereocenters. The average Bonchev–Trinajstić information content (AvgIpc) is 3.55. The van der Waals surface area contributed by atoms with Crippen LogP contribution in [0.2, 0.25) is 10.0 Å². The molecule has 3 aromatic heterocycles. The number of aromatic amines is 1. The SMILES string of the molecule is Cc1nc(N=Nc2c(-c3ccccc3)[nH]n(-c3nc(-c4c(Cl)cc(C(=O)O)cc4Cl)cs3)c2=O)sc1C. The highest BCUT2D eigenvalue weighted by Gasteiger charge is 2.21. The van der Waals surface area contributed by atoms with Crippen LogP contribution in [0.1, 0.15) is 20.9 Å². The van der Waals surface area contributed by atoms with Crippen molar-refractivity contribution in [2.24, 2.45) is 10.2 Å². The summed E-state index contributed by atoms with van der Waals surface area (Å²) in [6.45, 7) is 3.83. The third-order valence-electron chi connectivity index (χ3n) is 5.41. The van der Waals surface area contributed by atoms with E-state index in [2.05, 4.69) is 25.3 Å². The van der Waals surface area contributed by atoms with Crippen LogP contribution in [0.5, 0.6) is 0 Å². The van der Waals surface area contributed by atoms with Gasteiger partial charge in [0.05, 0.1) is 32.7 Å². The Bertz CT molecular complexity index is 1690. The molecule has 0 amide bonds. The first-order chi connectivity index (χ1) is 17.7. The smallest absolute Gasteiger partial charge is 0.335 e. The largest absolute Gasteiger partial charge is 0.478 e. The summed E-state index contributed by atoms with van der Waals surface area (Å²) < 4.78 is 1.27. The summed E-state index contributed by atoms with van der Waals surface area (Å²) in [5.74, 6) is -1.15. The minimum absolute atomic E-state index is 0.0390. The third-order valence-corrected chi connectivity index (χ3v) is 7.79. The monoisotopic (exact) mass is 570 g/mol. The molecule has 0 aliphatic carbocycles. The van der Waals surface area contributed by atoms with E-state index < -0.39 is 11.5 Å². The molecule has 0 radical (unpaired) electrons. The summed E-state index contributed by atoms with van der Waals surface area (Å²) in [6.07, 6.45) is 0. The fourth-order valence-corrected chi connectivity index (χ4v) is 5.66. The van der Waals surface area contributed by atoms with Gasteiger partial charge in [-0.05, 0) is 26.0 Å². The van der Waals surface area contributed by atoms with Gasteiger partial charge in [0.1, 0.15) is 0 Å². The number of nitrogens with zero attached hydrogens (tertiary/aromatic N) is 5. The summed E-state index contributed by atoms with van der Waals surface area (Å²) in [6, 6.07) is 11.9. The maximum Gasteiger partial charge on any atom is 0.335 e. The molecule has 2 aromatic carbocycles. The zero-order chi connectivity index (χ0) is 26.3. The van der Waals surface area contributed by atoms with Gasteiger partial charge in [-0.15, -0.1) is 21.6 Å². The lowest BCUT2D eigenvalue weighted by molar-refractivity contribution is 0.0697. The molecule has 0 aliphatic rings. The zero-order valence-electron chi connectivity index (χ0n) is 19.2. The number of aryl methyl sites for hydroxylation is 2. The normalized spacial score (nSPS) is 11.5. The van der Waals surface area contributed by atoms with E-state index in [-0.39, 0.29) is 21.3 Å². The number of H-pyrrole nitrogens is 1. The Morgan fingerprint density at radius 2 is 1.78 bits per heavy atom. The predicted molar refractivity (Wildman–Crippen MR) is 146 cm³/mol. The number of nitrogens with one attached hydrogen (secondary N) is 1. The minimum atomic E-state index is -1.15. The van der Waals surface area contributed by atoms with Gasteiger partial charge < -0.3 is 5.11 Å². The molecule has 0 saturated heterocycles. The summed E-state index contributed by atoms with van der Waals surface area (Å²) in [5.41, 5.74) is 2.45. The maximum absolute atomic E-state index is 13.5. The molecule has 0 fully saturated rings.